The molecule has 0 heterocycles. The number of carbonyl (C=O) groups excluding carboxylic acids is 1. The van der Waals surface area contributed by atoms with Crippen LogP contribution in [0, 0.1) is 30.6 Å². The van der Waals surface area contributed by atoms with Gasteiger partial charge in [-0.15, -0.1) is 0 Å². The van der Waals surface area contributed by atoms with Crippen molar-refractivity contribution >= 4 is 11.6 Å². The van der Waals surface area contributed by atoms with Crippen LogP contribution >= 0.6 is 0 Å². The van der Waals surface area contributed by atoms with Gasteiger partial charge in [0.15, 0.2) is 6.61 Å². The Morgan fingerprint density at radius 3 is 2.71 bits per heavy atom. The first-order chi connectivity index (χ1) is 11.2. The van der Waals surface area contributed by atoms with Crippen molar-refractivity contribution in [2.24, 2.45) is 21.8 Å². The number of amides is 1. The minimum Gasteiger partial charge on any atom is -0.483 e. The molecular weight excluding hydrogens is 300 g/mol. The van der Waals surface area contributed by atoms with Gasteiger partial charge in [-0.3, -0.25) is 4.79 Å². The predicted molar refractivity (Wildman–Crippen MR) is 96.2 cm³/mol. The van der Waals surface area contributed by atoms with E-state index in [2.05, 4.69) is 31.3 Å². The van der Waals surface area contributed by atoms with Gasteiger partial charge in [0.2, 0.25) is 0 Å². The number of nitrogens with one attached hydrogen (secondary N) is 1. The Bertz CT molecular complexity index is 693. The molecule has 0 saturated heterocycles. The summed E-state index contributed by atoms with van der Waals surface area (Å²) in [6.07, 6.45) is 3.44. The third-order valence-electron chi connectivity index (χ3n) is 6.53. The van der Waals surface area contributed by atoms with Gasteiger partial charge in [-0.25, -0.2) is 5.43 Å². The number of benzene rings is 1. The minimum atomic E-state index is -0.201. The van der Waals surface area contributed by atoms with E-state index in [1.54, 1.807) is 0 Å². The SMILES string of the molecule is Cc1ccc(C)c(OCC(=O)N/N=C2/C[C@H]3CC[C@]2(C)C3(C)C)c1. The lowest BCUT2D eigenvalue weighted by molar-refractivity contribution is -0.123. The van der Waals surface area contributed by atoms with Gasteiger partial charge in [0, 0.05) is 11.1 Å². The van der Waals surface area contributed by atoms with Crippen LogP contribution in [0.15, 0.2) is 23.3 Å². The van der Waals surface area contributed by atoms with Crippen molar-refractivity contribution in [1.29, 1.82) is 0 Å². The van der Waals surface area contributed by atoms with Gasteiger partial charge >= 0.3 is 0 Å². The number of rotatable bonds is 4. The Hall–Kier alpha value is -1.84. The fourth-order valence-electron chi connectivity index (χ4n) is 4.27. The molecule has 2 bridgehead atoms. The molecule has 2 aliphatic rings. The Kier molecular flexibility index (Phi) is 4.18. The van der Waals surface area contributed by atoms with Gasteiger partial charge in [0.05, 0.1) is 0 Å². The lowest BCUT2D eigenvalue weighted by Crippen LogP contribution is -2.35. The molecule has 2 aliphatic carbocycles. The predicted octanol–water partition coefficient (Wildman–Crippen LogP) is 4.00. The van der Waals surface area contributed by atoms with E-state index in [1.165, 1.54) is 12.8 Å². The van der Waals surface area contributed by atoms with Crippen LogP contribution in [-0.4, -0.2) is 18.2 Å². The van der Waals surface area contributed by atoms with Gasteiger partial charge in [0.1, 0.15) is 5.75 Å². The molecule has 0 unspecified atom stereocenters. The van der Waals surface area contributed by atoms with Crippen LogP contribution in [0.25, 0.3) is 0 Å². The van der Waals surface area contributed by atoms with E-state index in [0.717, 1.165) is 29.0 Å². The molecule has 130 valence electrons. The zero-order valence-corrected chi connectivity index (χ0v) is 15.4. The first-order valence-electron chi connectivity index (χ1n) is 8.80. The van der Waals surface area contributed by atoms with Gasteiger partial charge in [-0.05, 0) is 61.6 Å². The fraction of sp³-hybridized carbons (Fsp3) is 0.600. The normalized spacial score (nSPS) is 29.0. The summed E-state index contributed by atoms with van der Waals surface area (Å²) in [4.78, 5) is 12.1. The van der Waals surface area contributed by atoms with E-state index in [0.29, 0.717) is 5.92 Å². The second kappa shape index (κ2) is 5.91. The molecule has 1 N–H and O–H groups in total. The molecule has 2 atom stereocenters. The molecule has 0 aliphatic heterocycles. The molecule has 2 fully saturated rings. The number of aryl methyl sites for hydroxylation is 2. The first kappa shape index (κ1) is 17.0. The Labute approximate surface area is 144 Å². The van der Waals surface area contributed by atoms with Crippen molar-refractivity contribution in [3.8, 4) is 5.75 Å². The highest BCUT2D eigenvalue weighted by Crippen LogP contribution is 2.63. The van der Waals surface area contributed by atoms with E-state index in [1.807, 2.05) is 32.0 Å². The van der Waals surface area contributed by atoms with E-state index in [9.17, 15) is 4.79 Å². The Balaban J connectivity index is 1.60. The second-order valence-corrected chi connectivity index (χ2v) is 8.14. The summed E-state index contributed by atoms with van der Waals surface area (Å²) in [5.74, 6) is 1.24. The van der Waals surface area contributed by atoms with Crippen molar-refractivity contribution in [2.45, 2.75) is 53.9 Å². The highest BCUT2D eigenvalue weighted by Gasteiger charge is 2.59. The van der Waals surface area contributed by atoms with Crippen molar-refractivity contribution in [2.75, 3.05) is 6.61 Å². The van der Waals surface area contributed by atoms with Crippen molar-refractivity contribution in [3.05, 3.63) is 29.3 Å². The molecule has 1 amide bonds. The van der Waals surface area contributed by atoms with Gasteiger partial charge in [-0.2, -0.15) is 5.10 Å². The van der Waals surface area contributed by atoms with E-state index in [4.69, 9.17) is 4.74 Å². The number of carbonyl (C=O) groups is 1. The fourth-order valence-corrected chi connectivity index (χ4v) is 4.27. The first-order valence-corrected chi connectivity index (χ1v) is 8.80. The molecule has 4 nitrogen and oxygen atoms in total. The molecule has 1 aromatic rings. The topological polar surface area (TPSA) is 50.7 Å². The molecule has 4 heteroatoms. The highest BCUT2D eigenvalue weighted by atomic mass is 16.5. The lowest BCUT2D eigenvalue weighted by atomic mass is 9.70. The number of fused-ring (bicyclic) bond motifs is 2. The molecule has 1 aromatic carbocycles. The maximum Gasteiger partial charge on any atom is 0.277 e. The smallest absolute Gasteiger partial charge is 0.277 e. The van der Waals surface area contributed by atoms with Crippen LogP contribution in [0.1, 0.15) is 51.2 Å². The van der Waals surface area contributed by atoms with Crippen molar-refractivity contribution < 1.29 is 9.53 Å². The van der Waals surface area contributed by atoms with Gasteiger partial charge < -0.3 is 4.74 Å². The van der Waals surface area contributed by atoms with Gasteiger partial charge in [-0.1, -0.05) is 32.9 Å². The summed E-state index contributed by atoms with van der Waals surface area (Å²) in [6.45, 7) is 10.9. The van der Waals surface area contributed by atoms with Crippen LogP contribution in [0.4, 0.5) is 0 Å². The average molecular weight is 328 g/mol. The zero-order chi connectivity index (χ0) is 17.5. The number of hydrogen-bond donors (Lipinski definition) is 1. The van der Waals surface area contributed by atoms with E-state index < -0.39 is 0 Å². The number of ether oxygens (including phenoxy) is 1. The number of hydrogen-bond acceptors (Lipinski definition) is 3. The minimum absolute atomic E-state index is 0.00932. The van der Waals surface area contributed by atoms with Crippen LogP contribution in [-0.2, 0) is 4.79 Å². The molecule has 2 saturated carbocycles. The lowest BCUT2D eigenvalue weighted by Gasteiger charge is -2.34. The third kappa shape index (κ3) is 2.72. The van der Waals surface area contributed by atoms with E-state index in [-0.39, 0.29) is 23.3 Å². The maximum atomic E-state index is 12.1. The second-order valence-electron chi connectivity index (χ2n) is 8.14. The monoisotopic (exact) mass is 328 g/mol. The van der Waals surface area contributed by atoms with E-state index >= 15 is 0 Å². The summed E-state index contributed by atoms with van der Waals surface area (Å²) in [5.41, 5.74) is 6.37. The number of nitrogens with zero attached hydrogens (tertiary/aromatic N) is 1. The average Bonchev–Trinajstić information content (AvgIpc) is 2.86. The summed E-state index contributed by atoms with van der Waals surface area (Å²) in [7, 11) is 0. The quantitative estimate of drug-likeness (QED) is 0.849. The maximum absolute atomic E-state index is 12.1. The summed E-state index contributed by atoms with van der Waals surface area (Å²) >= 11 is 0. The summed E-state index contributed by atoms with van der Waals surface area (Å²) in [5, 5.41) is 4.46. The Morgan fingerprint density at radius 1 is 1.33 bits per heavy atom. The molecule has 0 spiro atoms. The summed E-state index contributed by atoms with van der Waals surface area (Å²) in [6, 6.07) is 5.99. The Morgan fingerprint density at radius 2 is 2.08 bits per heavy atom. The molecule has 0 radical (unpaired) electrons. The van der Waals surface area contributed by atoms with Crippen molar-refractivity contribution in [1.82, 2.24) is 5.43 Å². The molecular formula is C20H28N2O2. The van der Waals surface area contributed by atoms with Crippen molar-refractivity contribution in [3.63, 3.8) is 0 Å². The van der Waals surface area contributed by atoms with Crippen LogP contribution in [0.3, 0.4) is 0 Å². The van der Waals surface area contributed by atoms with Crippen LogP contribution in [0.5, 0.6) is 5.75 Å². The largest absolute Gasteiger partial charge is 0.483 e. The molecule has 0 aromatic heterocycles. The third-order valence-corrected chi connectivity index (χ3v) is 6.53. The van der Waals surface area contributed by atoms with Crippen LogP contribution < -0.4 is 10.2 Å². The van der Waals surface area contributed by atoms with Gasteiger partial charge in [0.25, 0.3) is 5.91 Å². The molecule has 24 heavy (non-hydrogen) atoms. The zero-order valence-electron chi connectivity index (χ0n) is 15.4. The molecule has 3 rings (SSSR count). The summed E-state index contributed by atoms with van der Waals surface area (Å²) < 4.78 is 5.64. The standard InChI is InChI=1S/C20H28N2O2/c1-13-6-7-14(2)16(10-13)24-12-18(23)22-21-17-11-15-8-9-20(17,5)19(15,3)4/h6-7,10,15H,8-9,11-12H2,1-5H3,(H,22,23)/b21-17-/t15-,20+/m1/s1. The highest BCUT2D eigenvalue weighted by molar-refractivity contribution is 5.95. The number of hydrazone groups is 1. The van der Waals surface area contributed by atoms with Crippen LogP contribution in [0.2, 0.25) is 0 Å².